The lowest BCUT2D eigenvalue weighted by Gasteiger charge is -2.07. The summed E-state index contributed by atoms with van der Waals surface area (Å²) in [6.45, 7) is 13.2. The fraction of sp³-hybridized carbons (Fsp3) is 0.267. The molecule has 0 bridgehead atoms. The van der Waals surface area contributed by atoms with Gasteiger partial charge in [0.25, 0.3) is 0 Å². The first-order valence-electron chi connectivity index (χ1n) is 6.32. The van der Waals surface area contributed by atoms with Crippen LogP contribution in [-0.2, 0) is 0 Å². The van der Waals surface area contributed by atoms with E-state index in [1.165, 1.54) is 0 Å². The van der Waals surface area contributed by atoms with E-state index >= 15 is 0 Å². The van der Waals surface area contributed by atoms with Crippen molar-refractivity contribution in [2.24, 2.45) is 21.9 Å². The zero-order valence-electron chi connectivity index (χ0n) is 12.2. The van der Waals surface area contributed by atoms with Crippen LogP contribution in [0.1, 0.15) is 23.9 Å². The summed E-state index contributed by atoms with van der Waals surface area (Å²) in [7, 11) is 0. The molecule has 106 valence electrons. The molecule has 1 atom stereocenters. The molecule has 0 aliphatic carbocycles. The Labute approximate surface area is 119 Å². The largest absolute Gasteiger partial charge is 0.382 e. The van der Waals surface area contributed by atoms with Crippen molar-refractivity contribution >= 4 is 18.6 Å². The monoisotopic (exact) mass is 271 g/mol. The summed E-state index contributed by atoms with van der Waals surface area (Å²) in [4.78, 5) is 0. The van der Waals surface area contributed by atoms with E-state index in [0.29, 0.717) is 5.84 Å². The van der Waals surface area contributed by atoms with Crippen molar-refractivity contribution in [2.75, 3.05) is 0 Å². The van der Waals surface area contributed by atoms with Crippen LogP contribution in [-0.4, -0.2) is 22.8 Å². The minimum absolute atomic E-state index is 0.141. The number of rotatable bonds is 6. The Morgan fingerprint density at radius 1 is 1.45 bits per heavy atom. The van der Waals surface area contributed by atoms with Crippen LogP contribution in [0.15, 0.2) is 40.6 Å². The maximum absolute atomic E-state index is 5.62. The van der Waals surface area contributed by atoms with Crippen molar-refractivity contribution in [1.82, 2.24) is 10.2 Å². The van der Waals surface area contributed by atoms with E-state index in [0.717, 1.165) is 22.5 Å². The number of allylic oxidation sites excluding steroid dienone is 3. The van der Waals surface area contributed by atoms with Crippen molar-refractivity contribution < 1.29 is 0 Å². The highest BCUT2D eigenvalue weighted by Crippen LogP contribution is 2.19. The molecule has 0 aliphatic heterocycles. The summed E-state index contributed by atoms with van der Waals surface area (Å²) >= 11 is 0. The molecule has 5 heteroatoms. The fourth-order valence-electron chi connectivity index (χ4n) is 1.65. The molecule has 0 aliphatic rings. The first kappa shape index (κ1) is 15.6. The predicted octanol–water partition coefficient (Wildman–Crippen LogP) is 2.76. The molecule has 0 amide bonds. The number of H-pyrrole nitrogens is 1. The topological polar surface area (TPSA) is 79.4 Å². The van der Waals surface area contributed by atoms with Crippen LogP contribution in [0, 0.1) is 19.8 Å². The third-order valence-corrected chi connectivity index (χ3v) is 3.10. The average Bonchev–Trinajstić information content (AvgIpc) is 2.74. The number of amidine groups is 1. The Balaban J connectivity index is 2.96. The van der Waals surface area contributed by atoms with E-state index in [-0.39, 0.29) is 5.92 Å². The minimum Gasteiger partial charge on any atom is -0.382 e. The van der Waals surface area contributed by atoms with E-state index in [4.69, 9.17) is 5.73 Å². The summed E-state index contributed by atoms with van der Waals surface area (Å²) < 4.78 is 0. The molecule has 5 nitrogen and oxygen atoms in total. The van der Waals surface area contributed by atoms with Crippen molar-refractivity contribution in [1.29, 1.82) is 0 Å². The number of aryl methyl sites for hydroxylation is 1. The molecule has 0 fully saturated rings. The second-order valence-electron chi connectivity index (χ2n) is 4.52. The number of hydrogen-bond donors (Lipinski definition) is 2. The van der Waals surface area contributed by atoms with E-state index in [9.17, 15) is 0 Å². The number of hydrogen-bond acceptors (Lipinski definition) is 3. The Kier molecular flexibility index (Phi) is 5.65. The first-order chi connectivity index (χ1) is 9.49. The Hall–Kier alpha value is -2.43. The van der Waals surface area contributed by atoms with Crippen molar-refractivity contribution in [3.8, 4) is 0 Å². The molecule has 0 saturated heterocycles. The highest BCUT2D eigenvalue weighted by Gasteiger charge is 2.07. The standard InChI is InChI=1S/C15H21N5/c1-6-13(9-14-11(3)12(4)18-19-14)10(2)7-8-15(16)20-17-5/h6-10H,1,5H2,2-4H3,(H2,16,20)(H,18,19)/b8-7-,13-9+. The van der Waals surface area contributed by atoms with E-state index in [1.807, 2.05) is 39.0 Å². The maximum Gasteiger partial charge on any atom is 0.145 e. The minimum atomic E-state index is 0.141. The molecular formula is C15H21N5. The Bertz CT molecular complexity index is 575. The van der Waals surface area contributed by atoms with Crippen molar-refractivity contribution in [3.05, 3.63) is 47.3 Å². The number of nitrogens with two attached hydrogens (primary N) is 1. The zero-order chi connectivity index (χ0) is 15.1. The molecule has 0 spiro atoms. The molecule has 1 aromatic rings. The highest BCUT2D eigenvalue weighted by atomic mass is 15.2. The van der Waals surface area contributed by atoms with E-state index in [2.05, 4.69) is 33.7 Å². The molecule has 0 aromatic carbocycles. The van der Waals surface area contributed by atoms with Gasteiger partial charge in [-0.1, -0.05) is 25.7 Å². The van der Waals surface area contributed by atoms with Gasteiger partial charge < -0.3 is 5.73 Å². The SMILES string of the molecule is C=C/C(=C\c1n[nH]c(C)c1C)C(C)/C=C\C(N)=N/N=C. The second kappa shape index (κ2) is 7.23. The van der Waals surface area contributed by atoms with Gasteiger partial charge in [-0.15, -0.1) is 5.10 Å². The van der Waals surface area contributed by atoms with Crippen LogP contribution < -0.4 is 5.73 Å². The molecule has 3 N–H and O–H groups in total. The van der Waals surface area contributed by atoms with Crippen LogP contribution in [0.5, 0.6) is 0 Å². The van der Waals surface area contributed by atoms with Gasteiger partial charge in [0.15, 0.2) is 0 Å². The van der Waals surface area contributed by atoms with Gasteiger partial charge in [0, 0.05) is 12.4 Å². The summed E-state index contributed by atoms with van der Waals surface area (Å²) in [5, 5.41) is 14.2. The average molecular weight is 271 g/mol. The highest BCUT2D eigenvalue weighted by molar-refractivity contribution is 5.91. The fourth-order valence-corrected chi connectivity index (χ4v) is 1.65. The van der Waals surface area contributed by atoms with Crippen LogP contribution in [0.3, 0.4) is 0 Å². The smallest absolute Gasteiger partial charge is 0.145 e. The lowest BCUT2D eigenvalue weighted by atomic mass is 9.98. The second-order valence-corrected chi connectivity index (χ2v) is 4.52. The Morgan fingerprint density at radius 3 is 2.65 bits per heavy atom. The van der Waals surface area contributed by atoms with Crippen LogP contribution in [0.25, 0.3) is 6.08 Å². The molecule has 1 aromatic heterocycles. The van der Waals surface area contributed by atoms with Gasteiger partial charge in [-0.3, -0.25) is 5.10 Å². The molecule has 1 rings (SSSR count). The van der Waals surface area contributed by atoms with Gasteiger partial charge >= 0.3 is 0 Å². The van der Waals surface area contributed by atoms with Crippen LogP contribution in [0.2, 0.25) is 0 Å². The van der Waals surface area contributed by atoms with Crippen molar-refractivity contribution in [3.63, 3.8) is 0 Å². The summed E-state index contributed by atoms with van der Waals surface area (Å²) in [5.74, 6) is 0.463. The normalized spacial score (nSPS) is 14.6. The molecule has 0 radical (unpaired) electrons. The number of aromatic amines is 1. The predicted molar refractivity (Wildman–Crippen MR) is 85.7 cm³/mol. The maximum atomic E-state index is 5.62. The summed E-state index contributed by atoms with van der Waals surface area (Å²) in [6.07, 6.45) is 7.48. The first-order valence-corrected chi connectivity index (χ1v) is 6.32. The van der Waals surface area contributed by atoms with Gasteiger partial charge in [-0.2, -0.15) is 10.2 Å². The number of nitrogens with zero attached hydrogens (tertiary/aromatic N) is 3. The van der Waals surface area contributed by atoms with Gasteiger partial charge in [0.2, 0.25) is 0 Å². The van der Waals surface area contributed by atoms with Gasteiger partial charge in [-0.25, -0.2) is 0 Å². The molecule has 0 saturated carbocycles. The molecule has 20 heavy (non-hydrogen) atoms. The summed E-state index contributed by atoms with van der Waals surface area (Å²) in [5.41, 5.74) is 9.80. The third kappa shape index (κ3) is 4.05. The van der Waals surface area contributed by atoms with E-state index in [1.54, 1.807) is 6.08 Å². The molecule has 1 heterocycles. The third-order valence-electron chi connectivity index (χ3n) is 3.10. The van der Waals surface area contributed by atoms with E-state index < -0.39 is 0 Å². The molecule has 1 unspecified atom stereocenters. The Morgan fingerprint density at radius 2 is 2.15 bits per heavy atom. The van der Waals surface area contributed by atoms with Gasteiger partial charge in [-0.05, 0) is 43.1 Å². The van der Waals surface area contributed by atoms with Crippen LogP contribution in [0.4, 0.5) is 0 Å². The number of nitrogens with one attached hydrogen (secondary N) is 1. The zero-order valence-corrected chi connectivity index (χ0v) is 12.2. The number of aromatic nitrogens is 2. The quantitative estimate of drug-likeness (QED) is 0.361. The lowest BCUT2D eigenvalue weighted by molar-refractivity contribution is 0.898. The molecular weight excluding hydrogens is 250 g/mol. The van der Waals surface area contributed by atoms with Crippen LogP contribution >= 0.6 is 0 Å². The van der Waals surface area contributed by atoms with Gasteiger partial charge in [0.05, 0.1) is 5.69 Å². The van der Waals surface area contributed by atoms with Gasteiger partial charge in [0.1, 0.15) is 5.84 Å². The van der Waals surface area contributed by atoms with Crippen molar-refractivity contribution in [2.45, 2.75) is 20.8 Å². The lowest BCUT2D eigenvalue weighted by Crippen LogP contribution is -2.07. The summed E-state index contributed by atoms with van der Waals surface area (Å²) in [6, 6.07) is 0.